The Morgan fingerprint density at radius 3 is 2.67 bits per heavy atom. The van der Waals surface area contributed by atoms with Crippen LogP contribution in [0.2, 0.25) is 0 Å². The van der Waals surface area contributed by atoms with Gasteiger partial charge in [0.2, 0.25) is 0 Å². The number of ether oxygens (including phenoxy) is 1. The van der Waals surface area contributed by atoms with Crippen LogP contribution < -0.4 is 0 Å². The number of hydrogen-bond donors (Lipinski definition) is 0. The quantitative estimate of drug-likeness (QED) is 0.630. The molecule has 1 aromatic carbocycles. The van der Waals surface area contributed by atoms with Gasteiger partial charge in [-0.3, -0.25) is 4.79 Å². The first-order valence-electron chi connectivity index (χ1n) is 10.5. The molecular weight excluding hydrogens is 378 g/mol. The number of amides is 1. The van der Waals surface area contributed by atoms with Crippen molar-refractivity contribution in [2.75, 3.05) is 19.7 Å². The van der Waals surface area contributed by atoms with Crippen LogP contribution in [-0.4, -0.2) is 40.6 Å². The molecule has 6 nitrogen and oxygen atoms in total. The van der Waals surface area contributed by atoms with Crippen molar-refractivity contribution >= 4 is 5.91 Å². The summed E-state index contributed by atoms with van der Waals surface area (Å²) < 4.78 is 11.4. The van der Waals surface area contributed by atoms with E-state index >= 15 is 0 Å². The second-order valence-corrected chi connectivity index (χ2v) is 7.53. The molecule has 3 aromatic rings. The van der Waals surface area contributed by atoms with Gasteiger partial charge in [0.25, 0.3) is 5.91 Å². The lowest BCUT2D eigenvalue weighted by Crippen LogP contribution is -2.42. The minimum absolute atomic E-state index is 0.0326. The van der Waals surface area contributed by atoms with E-state index in [-0.39, 0.29) is 12.0 Å². The zero-order valence-electron chi connectivity index (χ0n) is 17.7. The minimum Gasteiger partial charge on any atom is -0.368 e. The molecule has 1 aliphatic rings. The van der Waals surface area contributed by atoms with Gasteiger partial charge in [-0.2, -0.15) is 0 Å². The monoisotopic (exact) mass is 405 g/mol. The number of hydrogen-bond acceptors (Lipinski definition) is 5. The van der Waals surface area contributed by atoms with Gasteiger partial charge in [-0.1, -0.05) is 37.2 Å². The second-order valence-electron chi connectivity index (χ2n) is 7.53. The van der Waals surface area contributed by atoms with Crippen LogP contribution in [0.3, 0.4) is 0 Å². The summed E-state index contributed by atoms with van der Waals surface area (Å²) in [5, 5.41) is 4.09. The van der Waals surface area contributed by atoms with Crippen molar-refractivity contribution in [1.29, 1.82) is 0 Å². The van der Waals surface area contributed by atoms with Crippen LogP contribution in [-0.2, 0) is 17.6 Å². The van der Waals surface area contributed by atoms with Gasteiger partial charge < -0.3 is 14.2 Å². The summed E-state index contributed by atoms with van der Waals surface area (Å²) in [5.41, 5.74) is 5.34. The highest BCUT2D eigenvalue weighted by molar-refractivity contribution is 5.94. The Morgan fingerprint density at radius 1 is 1.13 bits per heavy atom. The molecule has 1 fully saturated rings. The van der Waals surface area contributed by atoms with E-state index in [4.69, 9.17) is 14.2 Å². The number of aromatic nitrogens is 2. The van der Waals surface area contributed by atoms with Gasteiger partial charge in [0.15, 0.2) is 0 Å². The van der Waals surface area contributed by atoms with Crippen LogP contribution in [0.5, 0.6) is 0 Å². The predicted octanol–water partition coefficient (Wildman–Crippen LogP) is 4.38. The van der Waals surface area contributed by atoms with Gasteiger partial charge in [-0.15, -0.1) is 0 Å². The fourth-order valence-corrected chi connectivity index (χ4v) is 3.83. The summed E-state index contributed by atoms with van der Waals surface area (Å²) in [6.07, 6.45) is 1.45. The van der Waals surface area contributed by atoms with E-state index in [1.54, 1.807) is 0 Å². The molecule has 30 heavy (non-hydrogen) atoms. The van der Waals surface area contributed by atoms with Gasteiger partial charge in [0, 0.05) is 18.5 Å². The fourth-order valence-electron chi connectivity index (χ4n) is 3.83. The van der Waals surface area contributed by atoms with Gasteiger partial charge in [-0.05, 0) is 43.2 Å². The summed E-state index contributed by atoms with van der Waals surface area (Å²) in [6.45, 7) is 7.61. The Morgan fingerprint density at radius 2 is 1.93 bits per heavy atom. The summed E-state index contributed by atoms with van der Waals surface area (Å²) in [7, 11) is 0. The highest BCUT2D eigenvalue weighted by Gasteiger charge is 2.27. The van der Waals surface area contributed by atoms with Crippen molar-refractivity contribution in [3.05, 3.63) is 70.7 Å². The topological polar surface area (TPSA) is 68.5 Å². The van der Waals surface area contributed by atoms with Crippen molar-refractivity contribution in [3.8, 4) is 11.3 Å². The van der Waals surface area contributed by atoms with E-state index in [1.165, 1.54) is 5.56 Å². The number of rotatable bonds is 5. The van der Waals surface area contributed by atoms with Gasteiger partial charge >= 0.3 is 0 Å². The molecule has 1 atom stereocenters. The van der Waals surface area contributed by atoms with Crippen LogP contribution in [0, 0.1) is 6.92 Å². The first kappa shape index (κ1) is 20.3. The summed E-state index contributed by atoms with van der Waals surface area (Å²) in [5.74, 6) is 0.860. The average molecular weight is 405 g/mol. The number of benzene rings is 1. The molecule has 4 rings (SSSR count). The molecule has 3 heterocycles. The highest BCUT2D eigenvalue weighted by Crippen LogP contribution is 2.29. The smallest absolute Gasteiger partial charge is 0.254 e. The van der Waals surface area contributed by atoms with E-state index in [2.05, 4.69) is 12.1 Å². The molecule has 0 aliphatic carbocycles. The average Bonchev–Trinajstić information content (AvgIpc) is 3.19. The first-order chi connectivity index (χ1) is 14.6. The zero-order valence-corrected chi connectivity index (χ0v) is 17.7. The lowest BCUT2D eigenvalue weighted by molar-refractivity contribution is -0.0246. The summed E-state index contributed by atoms with van der Waals surface area (Å²) in [4.78, 5) is 19.7. The maximum Gasteiger partial charge on any atom is 0.254 e. The standard InChI is InChI=1S/C24H27N3O3/c1-4-17-9-11-18(12-10-17)24(28)27-13-14-29-22(15-27)19-7-6-8-20(25-19)23-16(3)26-30-21(23)5-2/h6-12,22H,4-5,13-15H2,1-3H3/t22-/m0/s1. The van der Waals surface area contributed by atoms with Gasteiger partial charge in [0.05, 0.1) is 35.8 Å². The van der Waals surface area contributed by atoms with Crippen LogP contribution >= 0.6 is 0 Å². The van der Waals surface area contributed by atoms with E-state index in [0.717, 1.165) is 41.2 Å². The Bertz CT molecular complexity index is 1030. The Hall–Kier alpha value is -2.99. The molecule has 6 heteroatoms. The minimum atomic E-state index is -0.261. The lowest BCUT2D eigenvalue weighted by Gasteiger charge is -2.33. The second kappa shape index (κ2) is 8.79. The molecule has 0 radical (unpaired) electrons. The molecule has 1 saturated heterocycles. The number of carbonyl (C=O) groups excluding carboxylic acids is 1. The third kappa shape index (κ3) is 4.00. The molecule has 0 saturated carbocycles. The number of morpholine rings is 1. The maximum absolute atomic E-state index is 13.0. The Kier molecular flexibility index (Phi) is 5.95. The van der Waals surface area contributed by atoms with Crippen molar-refractivity contribution < 1.29 is 14.1 Å². The molecule has 0 spiro atoms. The normalized spacial score (nSPS) is 16.6. The van der Waals surface area contributed by atoms with E-state index in [1.807, 2.05) is 61.2 Å². The zero-order chi connectivity index (χ0) is 21.1. The van der Waals surface area contributed by atoms with Crippen LogP contribution in [0.1, 0.15) is 53.0 Å². The van der Waals surface area contributed by atoms with Gasteiger partial charge in [0.1, 0.15) is 11.9 Å². The third-order valence-corrected chi connectivity index (χ3v) is 5.57. The third-order valence-electron chi connectivity index (χ3n) is 5.57. The molecule has 0 unspecified atom stereocenters. The fraction of sp³-hybridized carbons (Fsp3) is 0.375. The molecule has 0 N–H and O–H groups in total. The number of carbonyl (C=O) groups is 1. The summed E-state index contributed by atoms with van der Waals surface area (Å²) in [6, 6.07) is 13.7. The SMILES string of the molecule is CCc1ccc(C(=O)N2CCO[C@H](c3cccc(-c4c(C)noc4CC)n3)C2)cc1. The Labute approximate surface area is 176 Å². The van der Waals surface area contributed by atoms with E-state index < -0.39 is 0 Å². The van der Waals surface area contributed by atoms with E-state index in [0.29, 0.717) is 25.3 Å². The number of aryl methyl sites for hydroxylation is 3. The summed E-state index contributed by atoms with van der Waals surface area (Å²) >= 11 is 0. The van der Waals surface area contributed by atoms with Crippen LogP contribution in [0.15, 0.2) is 47.0 Å². The molecule has 1 amide bonds. The predicted molar refractivity (Wildman–Crippen MR) is 114 cm³/mol. The largest absolute Gasteiger partial charge is 0.368 e. The van der Waals surface area contributed by atoms with E-state index in [9.17, 15) is 4.79 Å². The van der Waals surface area contributed by atoms with Crippen LogP contribution in [0.4, 0.5) is 0 Å². The molecule has 2 aromatic heterocycles. The molecule has 1 aliphatic heterocycles. The lowest BCUT2D eigenvalue weighted by atomic mass is 10.1. The Balaban J connectivity index is 1.54. The van der Waals surface area contributed by atoms with Gasteiger partial charge in [-0.25, -0.2) is 4.98 Å². The maximum atomic E-state index is 13.0. The number of pyridine rings is 1. The van der Waals surface area contributed by atoms with Crippen molar-refractivity contribution in [2.45, 2.75) is 39.7 Å². The number of nitrogens with zero attached hydrogens (tertiary/aromatic N) is 3. The van der Waals surface area contributed by atoms with Crippen molar-refractivity contribution in [1.82, 2.24) is 15.0 Å². The van der Waals surface area contributed by atoms with Crippen molar-refractivity contribution in [2.24, 2.45) is 0 Å². The molecule has 156 valence electrons. The first-order valence-corrected chi connectivity index (χ1v) is 10.5. The molecular formula is C24H27N3O3. The van der Waals surface area contributed by atoms with Crippen LogP contribution in [0.25, 0.3) is 11.3 Å². The molecule has 0 bridgehead atoms. The van der Waals surface area contributed by atoms with Crippen molar-refractivity contribution in [3.63, 3.8) is 0 Å². The highest BCUT2D eigenvalue weighted by atomic mass is 16.5.